The van der Waals surface area contributed by atoms with Gasteiger partial charge in [0.2, 0.25) is 11.8 Å². The second-order valence-electron chi connectivity index (χ2n) is 6.04. The average Bonchev–Trinajstić information content (AvgIpc) is 2.93. The Morgan fingerprint density at radius 3 is 2.79 bits per heavy atom. The van der Waals surface area contributed by atoms with Crippen molar-refractivity contribution < 1.29 is 14.7 Å². The molecule has 1 fully saturated rings. The number of aromatic hydroxyl groups is 1. The Kier molecular flexibility index (Phi) is 4.46. The molecule has 0 aliphatic carbocycles. The molecule has 3 rings (SSSR count). The Morgan fingerprint density at radius 1 is 1.33 bits per heavy atom. The van der Waals surface area contributed by atoms with Crippen molar-refractivity contribution >= 4 is 17.5 Å². The van der Waals surface area contributed by atoms with Crippen molar-refractivity contribution in [3.8, 4) is 5.75 Å². The number of hydrogen-bond acceptors (Lipinski definition) is 4. The summed E-state index contributed by atoms with van der Waals surface area (Å²) < 4.78 is 0. The van der Waals surface area contributed by atoms with Crippen LogP contribution < -0.4 is 5.32 Å². The van der Waals surface area contributed by atoms with E-state index in [4.69, 9.17) is 0 Å². The van der Waals surface area contributed by atoms with Gasteiger partial charge in [-0.1, -0.05) is 29.8 Å². The maximum Gasteiger partial charge on any atom is 0.229 e. The largest absolute Gasteiger partial charge is 0.504 e. The first-order valence-electron chi connectivity index (χ1n) is 7.80. The lowest BCUT2D eigenvalue weighted by atomic mass is 10.1. The maximum absolute atomic E-state index is 12.3. The Labute approximate surface area is 140 Å². The number of nitrogens with one attached hydrogen (secondary N) is 1. The van der Waals surface area contributed by atoms with Crippen LogP contribution in [0.2, 0.25) is 0 Å². The van der Waals surface area contributed by atoms with E-state index < -0.39 is 5.92 Å². The molecular formula is C18H19N3O3. The second kappa shape index (κ2) is 6.70. The van der Waals surface area contributed by atoms with E-state index in [2.05, 4.69) is 10.3 Å². The second-order valence-corrected chi connectivity index (χ2v) is 6.04. The number of nitrogens with zero attached hydrogens (tertiary/aromatic N) is 2. The van der Waals surface area contributed by atoms with Crippen molar-refractivity contribution in [1.29, 1.82) is 0 Å². The van der Waals surface area contributed by atoms with Crippen molar-refractivity contribution in [2.45, 2.75) is 19.9 Å². The molecule has 1 atom stereocenters. The SMILES string of the molecule is Cc1ccc(CN2C[C@@H](C(=O)Nc3ccncc3O)CC2=O)cc1. The molecule has 1 aliphatic heterocycles. The number of rotatable bonds is 4. The van der Waals surface area contributed by atoms with Crippen LogP contribution in [0.15, 0.2) is 42.7 Å². The zero-order valence-corrected chi connectivity index (χ0v) is 13.4. The van der Waals surface area contributed by atoms with Gasteiger partial charge in [-0.3, -0.25) is 14.6 Å². The van der Waals surface area contributed by atoms with Crippen LogP contribution in [0, 0.1) is 12.8 Å². The Balaban J connectivity index is 1.62. The lowest BCUT2D eigenvalue weighted by Gasteiger charge is -2.17. The molecule has 1 aromatic heterocycles. The number of amides is 2. The van der Waals surface area contributed by atoms with Gasteiger partial charge in [-0.2, -0.15) is 0 Å². The standard InChI is InChI=1S/C18H19N3O3/c1-12-2-4-13(5-3-12)10-21-11-14(8-17(21)23)18(24)20-15-6-7-19-9-16(15)22/h2-7,9,14,22H,8,10-11H2,1H3,(H,19,20,24)/t14-/m0/s1. The van der Waals surface area contributed by atoms with Gasteiger partial charge >= 0.3 is 0 Å². The minimum Gasteiger partial charge on any atom is -0.504 e. The molecule has 0 saturated carbocycles. The highest BCUT2D eigenvalue weighted by Gasteiger charge is 2.34. The summed E-state index contributed by atoms with van der Waals surface area (Å²) in [6.45, 7) is 2.90. The van der Waals surface area contributed by atoms with Crippen molar-refractivity contribution in [3.05, 3.63) is 53.9 Å². The number of aryl methyl sites for hydroxylation is 1. The summed E-state index contributed by atoms with van der Waals surface area (Å²) in [4.78, 5) is 30.0. The first-order chi connectivity index (χ1) is 11.5. The Morgan fingerprint density at radius 2 is 2.08 bits per heavy atom. The molecule has 2 aromatic rings. The number of pyridine rings is 1. The monoisotopic (exact) mass is 325 g/mol. The summed E-state index contributed by atoms with van der Waals surface area (Å²) in [6.07, 6.45) is 2.93. The highest BCUT2D eigenvalue weighted by molar-refractivity contribution is 5.97. The molecule has 0 spiro atoms. The van der Waals surface area contributed by atoms with E-state index in [1.165, 1.54) is 24.0 Å². The molecule has 2 N–H and O–H groups in total. The molecule has 24 heavy (non-hydrogen) atoms. The summed E-state index contributed by atoms with van der Waals surface area (Å²) in [5.74, 6) is -0.812. The smallest absolute Gasteiger partial charge is 0.229 e. The molecule has 0 bridgehead atoms. The summed E-state index contributed by atoms with van der Waals surface area (Å²) in [7, 11) is 0. The van der Waals surface area contributed by atoms with E-state index in [9.17, 15) is 14.7 Å². The fourth-order valence-corrected chi connectivity index (χ4v) is 2.74. The molecule has 2 amide bonds. The van der Waals surface area contributed by atoms with Crippen molar-refractivity contribution in [2.75, 3.05) is 11.9 Å². The van der Waals surface area contributed by atoms with Gasteiger partial charge in [0.05, 0.1) is 17.8 Å². The minimum atomic E-state index is -0.421. The molecule has 0 unspecified atom stereocenters. The number of likely N-dealkylation sites (tertiary alicyclic amines) is 1. The number of carbonyl (C=O) groups is 2. The van der Waals surface area contributed by atoms with Crippen LogP contribution in [0.1, 0.15) is 17.5 Å². The Hall–Kier alpha value is -2.89. The maximum atomic E-state index is 12.3. The van der Waals surface area contributed by atoms with Gasteiger partial charge in [-0.05, 0) is 18.6 Å². The minimum absolute atomic E-state index is 0.0327. The molecular weight excluding hydrogens is 306 g/mol. The molecule has 6 nitrogen and oxygen atoms in total. The molecule has 1 aliphatic rings. The van der Waals surface area contributed by atoms with Gasteiger partial charge in [0.1, 0.15) is 0 Å². The predicted octanol–water partition coefficient (Wildman–Crippen LogP) is 2.08. The molecule has 0 radical (unpaired) electrons. The summed E-state index contributed by atoms with van der Waals surface area (Å²) in [5.41, 5.74) is 2.52. The van der Waals surface area contributed by atoms with Gasteiger partial charge in [-0.15, -0.1) is 0 Å². The summed E-state index contributed by atoms with van der Waals surface area (Å²) in [5, 5.41) is 12.3. The van der Waals surface area contributed by atoms with Gasteiger partial charge in [0.25, 0.3) is 0 Å². The lowest BCUT2D eigenvalue weighted by Crippen LogP contribution is -2.28. The predicted molar refractivity (Wildman–Crippen MR) is 89.2 cm³/mol. The Bertz CT molecular complexity index is 758. The van der Waals surface area contributed by atoms with E-state index in [1.54, 1.807) is 4.90 Å². The van der Waals surface area contributed by atoms with Crippen LogP contribution in [0.3, 0.4) is 0 Å². The van der Waals surface area contributed by atoms with E-state index in [0.717, 1.165) is 5.56 Å². The van der Waals surface area contributed by atoms with E-state index in [1.807, 2.05) is 31.2 Å². The number of hydrogen-bond donors (Lipinski definition) is 2. The first kappa shape index (κ1) is 16.0. The van der Waals surface area contributed by atoms with Crippen LogP contribution in [0.25, 0.3) is 0 Å². The third-order valence-electron chi connectivity index (χ3n) is 4.14. The quantitative estimate of drug-likeness (QED) is 0.901. The van der Waals surface area contributed by atoms with Gasteiger partial charge in [0, 0.05) is 25.7 Å². The van der Waals surface area contributed by atoms with E-state index in [0.29, 0.717) is 18.8 Å². The van der Waals surface area contributed by atoms with E-state index in [-0.39, 0.29) is 24.0 Å². The topological polar surface area (TPSA) is 82.5 Å². The van der Waals surface area contributed by atoms with Crippen LogP contribution in [-0.2, 0) is 16.1 Å². The highest BCUT2D eigenvalue weighted by atomic mass is 16.3. The fourth-order valence-electron chi connectivity index (χ4n) is 2.74. The zero-order valence-electron chi connectivity index (χ0n) is 13.4. The molecule has 6 heteroatoms. The van der Waals surface area contributed by atoms with Crippen molar-refractivity contribution in [2.24, 2.45) is 5.92 Å². The van der Waals surface area contributed by atoms with Gasteiger partial charge in [-0.25, -0.2) is 0 Å². The number of aromatic nitrogens is 1. The average molecular weight is 325 g/mol. The molecule has 2 heterocycles. The third-order valence-corrected chi connectivity index (χ3v) is 4.14. The molecule has 1 aromatic carbocycles. The first-order valence-corrected chi connectivity index (χ1v) is 7.80. The fraction of sp³-hybridized carbons (Fsp3) is 0.278. The molecule has 124 valence electrons. The van der Waals surface area contributed by atoms with Crippen LogP contribution in [0.5, 0.6) is 5.75 Å². The lowest BCUT2D eigenvalue weighted by molar-refractivity contribution is -0.128. The zero-order chi connectivity index (χ0) is 17.1. The van der Waals surface area contributed by atoms with Crippen molar-refractivity contribution in [3.63, 3.8) is 0 Å². The summed E-state index contributed by atoms with van der Waals surface area (Å²) >= 11 is 0. The van der Waals surface area contributed by atoms with Gasteiger partial charge in [0.15, 0.2) is 5.75 Å². The van der Waals surface area contributed by atoms with Crippen LogP contribution in [-0.4, -0.2) is 33.3 Å². The van der Waals surface area contributed by atoms with Crippen molar-refractivity contribution in [1.82, 2.24) is 9.88 Å². The van der Waals surface area contributed by atoms with E-state index >= 15 is 0 Å². The molecule has 1 saturated heterocycles. The summed E-state index contributed by atoms with van der Waals surface area (Å²) in [6, 6.07) is 9.52. The number of anilines is 1. The normalized spacial score (nSPS) is 17.1. The third kappa shape index (κ3) is 3.53. The number of carbonyl (C=O) groups excluding carboxylic acids is 2. The van der Waals surface area contributed by atoms with Crippen LogP contribution in [0.4, 0.5) is 5.69 Å². The van der Waals surface area contributed by atoms with Crippen LogP contribution >= 0.6 is 0 Å². The number of benzene rings is 1. The highest BCUT2D eigenvalue weighted by Crippen LogP contribution is 2.25. The van der Waals surface area contributed by atoms with Gasteiger partial charge < -0.3 is 15.3 Å².